The van der Waals surface area contributed by atoms with Gasteiger partial charge in [-0.25, -0.2) is 0 Å². The van der Waals surface area contributed by atoms with Crippen LogP contribution in [0.4, 0.5) is 11.4 Å². The normalized spacial score (nSPS) is 12.4. The molecule has 3 aromatic rings. The van der Waals surface area contributed by atoms with Crippen molar-refractivity contribution in [3.8, 4) is 0 Å². The molecular weight excluding hydrogens is 356 g/mol. The summed E-state index contributed by atoms with van der Waals surface area (Å²) >= 11 is 1.78. The lowest BCUT2D eigenvalue weighted by molar-refractivity contribution is -0.130. The van der Waals surface area contributed by atoms with Crippen molar-refractivity contribution in [1.29, 1.82) is 0 Å². The van der Waals surface area contributed by atoms with Crippen molar-refractivity contribution < 1.29 is 4.79 Å². The van der Waals surface area contributed by atoms with Crippen LogP contribution in [0.15, 0.2) is 70.7 Å². The van der Waals surface area contributed by atoms with Crippen molar-refractivity contribution >= 4 is 29.0 Å². The number of benzene rings is 2. The summed E-state index contributed by atoms with van der Waals surface area (Å²) < 4.78 is 1.76. The third kappa shape index (κ3) is 3.71. The molecule has 138 valence electrons. The number of para-hydroxylation sites is 2. The van der Waals surface area contributed by atoms with Gasteiger partial charge in [0.05, 0.1) is 17.6 Å². The minimum atomic E-state index is 0.132. The molecule has 0 spiro atoms. The summed E-state index contributed by atoms with van der Waals surface area (Å²) in [5.74, 6) is 0.132. The Labute approximate surface area is 163 Å². The second-order valence-corrected chi connectivity index (χ2v) is 7.79. The largest absolute Gasteiger partial charge is 0.341 e. The highest BCUT2D eigenvalue weighted by Crippen LogP contribution is 2.47. The van der Waals surface area contributed by atoms with Gasteiger partial charge in [0, 0.05) is 55.2 Å². The summed E-state index contributed by atoms with van der Waals surface area (Å²) in [4.78, 5) is 19.2. The quantitative estimate of drug-likeness (QED) is 0.671. The Kier molecular flexibility index (Phi) is 4.90. The van der Waals surface area contributed by atoms with Crippen LogP contribution in [0.5, 0.6) is 0 Å². The SMILES string of the molecule is CN(Cc1cnn(C)c1)C(=O)CCN1c2ccccc2Sc2ccccc21. The van der Waals surface area contributed by atoms with E-state index >= 15 is 0 Å². The van der Waals surface area contributed by atoms with Crippen LogP contribution in [0.2, 0.25) is 0 Å². The van der Waals surface area contributed by atoms with Gasteiger partial charge in [-0.2, -0.15) is 5.10 Å². The molecule has 0 aliphatic carbocycles. The van der Waals surface area contributed by atoms with Gasteiger partial charge in [-0.1, -0.05) is 36.0 Å². The maximum atomic E-state index is 12.7. The van der Waals surface area contributed by atoms with Gasteiger partial charge < -0.3 is 9.80 Å². The minimum absolute atomic E-state index is 0.132. The number of carbonyl (C=O) groups is 1. The molecule has 0 atom stereocenters. The Bertz CT molecular complexity index is 923. The summed E-state index contributed by atoms with van der Waals surface area (Å²) in [5.41, 5.74) is 3.38. The van der Waals surface area contributed by atoms with Crippen LogP contribution in [0.25, 0.3) is 0 Å². The van der Waals surface area contributed by atoms with E-state index in [-0.39, 0.29) is 5.91 Å². The first-order valence-corrected chi connectivity index (χ1v) is 9.78. The van der Waals surface area contributed by atoms with Gasteiger partial charge in [-0.15, -0.1) is 0 Å². The molecule has 4 rings (SSSR count). The lowest BCUT2D eigenvalue weighted by Crippen LogP contribution is -2.31. The van der Waals surface area contributed by atoms with Crippen LogP contribution in [-0.2, 0) is 18.4 Å². The topological polar surface area (TPSA) is 41.4 Å². The highest BCUT2D eigenvalue weighted by Gasteiger charge is 2.23. The molecule has 0 saturated carbocycles. The van der Waals surface area contributed by atoms with Crippen LogP contribution in [0.3, 0.4) is 0 Å². The lowest BCUT2D eigenvalue weighted by atomic mass is 10.2. The van der Waals surface area contributed by atoms with Gasteiger partial charge in [0.25, 0.3) is 0 Å². The van der Waals surface area contributed by atoms with E-state index in [0.717, 1.165) is 5.56 Å². The van der Waals surface area contributed by atoms with Crippen LogP contribution in [0.1, 0.15) is 12.0 Å². The second-order valence-electron chi connectivity index (χ2n) is 6.71. The number of fused-ring (bicyclic) bond motifs is 2. The van der Waals surface area contributed by atoms with Gasteiger partial charge in [0.15, 0.2) is 0 Å². The standard InChI is InChI=1S/C21H22N4OS/c1-23(14-16-13-22-24(2)15-16)21(26)11-12-25-17-7-3-5-9-19(17)27-20-10-6-4-8-18(20)25/h3-10,13,15H,11-12,14H2,1-2H3. The molecule has 1 amide bonds. The number of aromatic nitrogens is 2. The highest BCUT2D eigenvalue weighted by molar-refractivity contribution is 7.99. The molecule has 27 heavy (non-hydrogen) atoms. The first kappa shape index (κ1) is 17.7. The van der Waals surface area contributed by atoms with E-state index < -0.39 is 0 Å². The molecule has 5 nitrogen and oxygen atoms in total. The van der Waals surface area contributed by atoms with Crippen LogP contribution in [-0.4, -0.2) is 34.2 Å². The average molecular weight is 379 g/mol. The molecule has 0 bridgehead atoms. The van der Waals surface area contributed by atoms with Crippen LogP contribution >= 0.6 is 11.8 Å². The number of hydrogen-bond donors (Lipinski definition) is 0. The fourth-order valence-electron chi connectivity index (χ4n) is 3.34. The maximum Gasteiger partial charge on any atom is 0.224 e. The van der Waals surface area contributed by atoms with E-state index in [0.29, 0.717) is 19.5 Å². The first-order valence-electron chi connectivity index (χ1n) is 8.97. The summed E-state index contributed by atoms with van der Waals surface area (Å²) in [5, 5.41) is 4.17. The van der Waals surface area contributed by atoms with Gasteiger partial charge in [0.1, 0.15) is 0 Å². The molecule has 0 unspecified atom stereocenters. The molecule has 6 heteroatoms. The number of nitrogens with zero attached hydrogens (tertiary/aromatic N) is 4. The fourth-order valence-corrected chi connectivity index (χ4v) is 4.43. The molecule has 0 N–H and O–H groups in total. The fraction of sp³-hybridized carbons (Fsp3) is 0.238. The predicted molar refractivity (Wildman–Crippen MR) is 108 cm³/mol. The number of carbonyl (C=O) groups excluding carboxylic acids is 1. The zero-order chi connectivity index (χ0) is 18.8. The van der Waals surface area contributed by atoms with Crippen LogP contribution < -0.4 is 4.90 Å². The van der Waals surface area contributed by atoms with Gasteiger partial charge in [0.2, 0.25) is 5.91 Å². The summed E-state index contributed by atoms with van der Waals surface area (Å²) in [7, 11) is 3.73. The molecule has 2 heterocycles. The number of rotatable bonds is 5. The van der Waals surface area contributed by atoms with E-state index in [9.17, 15) is 4.79 Å². The first-order chi connectivity index (χ1) is 13.1. The summed E-state index contributed by atoms with van der Waals surface area (Å²) in [6, 6.07) is 16.8. The number of aryl methyl sites for hydroxylation is 1. The Balaban J connectivity index is 1.48. The van der Waals surface area contributed by atoms with E-state index in [4.69, 9.17) is 0 Å². The maximum absolute atomic E-state index is 12.7. The Hall–Kier alpha value is -2.73. The highest BCUT2D eigenvalue weighted by atomic mass is 32.2. The van der Waals surface area contributed by atoms with Gasteiger partial charge >= 0.3 is 0 Å². The minimum Gasteiger partial charge on any atom is -0.341 e. The van der Waals surface area contributed by atoms with Gasteiger partial charge in [-0.3, -0.25) is 9.48 Å². The molecule has 0 saturated heterocycles. The second kappa shape index (κ2) is 7.48. The average Bonchev–Trinajstić information content (AvgIpc) is 3.09. The van der Waals surface area contributed by atoms with Crippen molar-refractivity contribution in [2.24, 2.45) is 7.05 Å². The Morgan fingerprint density at radius 1 is 1.07 bits per heavy atom. The predicted octanol–water partition coefficient (Wildman–Crippen LogP) is 4.07. The molecule has 0 fully saturated rings. The summed E-state index contributed by atoms with van der Waals surface area (Å²) in [6.45, 7) is 1.24. The molecule has 1 aliphatic rings. The van der Waals surface area contributed by atoms with E-state index in [1.54, 1.807) is 27.5 Å². The van der Waals surface area contributed by atoms with Crippen molar-refractivity contribution in [3.63, 3.8) is 0 Å². The monoisotopic (exact) mass is 378 g/mol. The van der Waals surface area contributed by atoms with Crippen molar-refractivity contribution in [2.75, 3.05) is 18.5 Å². The van der Waals surface area contributed by atoms with E-state index in [1.807, 2.05) is 20.3 Å². The van der Waals surface area contributed by atoms with Crippen molar-refractivity contribution in [3.05, 3.63) is 66.5 Å². The van der Waals surface area contributed by atoms with Gasteiger partial charge in [-0.05, 0) is 24.3 Å². The third-order valence-corrected chi connectivity index (χ3v) is 5.82. The summed E-state index contributed by atoms with van der Waals surface area (Å²) in [6.07, 6.45) is 4.21. The van der Waals surface area contributed by atoms with Crippen molar-refractivity contribution in [1.82, 2.24) is 14.7 Å². The zero-order valence-corrected chi connectivity index (χ0v) is 16.3. The molecule has 1 aromatic heterocycles. The van der Waals surface area contributed by atoms with Crippen molar-refractivity contribution in [2.45, 2.75) is 22.8 Å². The smallest absolute Gasteiger partial charge is 0.224 e. The third-order valence-electron chi connectivity index (χ3n) is 4.69. The Morgan fingerprint density at radius 2 is 1.70 bits per heavy atom. The Morgan fingerprint density at radius 3 is 2.30 bits per heavy atom. The number of amides is 1. The van der Waals surface area contributed by atoms with E-state index in [2.05, 4.69) is 58.5 Å². The van der Waals surface area contributed by atoms with E-state index in [1.165, 1.54) is 21.2 Å². The molecular formula is C21H22N4OS. The molecule has 2 aromatic carbocycles. The number of hydrogen-bond acceptors (Lipinski definition) is 4. The zero-order valence-electron chi connectivity index (χ0n) is 15.5. The van der Waals surface area contributed by atoms with Crippen LogP contribution in [0, 0.1) is 0 Å². The molecule has 0 radical (unpaired) electrons. The molecule has 1 aliphatic heterocycles. The lowest BCUT2D eigenvalue weighted by Gasteiger charge is -2.33. The number of anilines is 2.